The summed E-state index contributed by atoms with van der Waals surface area (Å²) in [5.74, 6) is 4.83. The van der Waals surface area contributed by atoms with Gasteiger partial charge < -0.3 is 19.2 Å². The molecule has 0 radical (unpaired) electrons. The van der Waals surface area contributed by atoms with Crippen molar-refractivity contribution in [3.63, 3.8) is 0 Å². The van der Waals surface area contributed by atoms with Gasteiger partial charge in [-0.15, -0.1) is 0 Å². The van der Waals surface area contributed by atoms with E-state index in [9.17, 15) is 0 Å². The number of hydrogen-bond donors (Lipinski definition) is 0. The predicted molar refractivity (Wildman–Crippen MR) is 547 cm³/mol. The molecule has 16 heteroatoms. The number of fused-ring (bicyclic) bond motifs is 4. The van der Waals surface area contributed by atoms with Gasteiger partial charge in [0.2, 0.25) is 0 Å². The number of anilines is 13. The maximum atomic E-state index is 8.09. The van der Waals surface area contributed by atoms with Crippen molar-refractivity contribution in [2.24, 2.45) is 28.2 Å². The van der Waals surface area contributed by atoms with Crippen molar-refractivity contribution < 1.29 is 30.6 Å². The molecule has 128 heavy (non-hydrogen) atoms. The molecule has 0 spiro atoms. The number of benzene rings is 11. The van der Waals surface area contributed by atoms with Crippen LogP contribution in [0.2, 0.25) is 0 Å². The van der Waals surface area contributed by atoms with Gasteiger partial charge in [-0.05, 0) is 277 Å². The highest BCUT2D eigenvalue weighted by Crippen LogP contribution is 2.50. The van der Waals surface area contributed by atoms with Gasteiger partial charge in [-0.25, -0.2) is 18.3 Å². The zero-order valence-electron chi connectivity index (χ0n) is 87.2. The lowest BCUT2D eigenvalue weighted by molar-refractivity contribution is -0.658. The molecule has 12 nitrogen and oxygen atoms in total. The summed E-state index contributed by atoms with van der Waals surface area (Å²) in [7, 11) is 14.4. The molecule has 15 aromatic rings. The molecule has 4 aliphatic rings. The molecule has 0 bridgehead atoms. The van der Waals surface area contributed by atoms with E-state index in [1.54, 1.807) is 18.6 Å². The fourth-order valence-corrected chi connectivity index (χ4v) is 19.9. The Kier molecular flexibility index (Phi) is 22.0. The molecule has 19 rings (SSSR count). The van der Waals surface area contributed by atoms with Crippen LogP contribution in [0.15, 0.2) is 304 Å². The van der Waals surface area contributed by atoms with Crippen molar-refractivity contribution in [1.29, 1.82) is 0 Å². The first-order valence-corrected chi connectivity index (χ1v) is 44.7. The molecule has 4 aliphatic heterocycles. The lowest BCUT2D eigenvalue weighted by Crippen LogP contribution is -2.58. The molecule has 0 fully saturated rings. The van der Waals surface area contributed by atoms with Gasteiger partial charge in [-0.1, -0.05) is 246 Å². The van der Waals surface area contributed by atoms with E-state index in [1.165, 1.54) is 106 Å². The maximum Gasteiger partial charge on any atom is 0.542 e. The monoisotopic (exact) mass is 1690 g/mol. The van der Waals surface area contributed by atoms with Crippen LogP contribution in [0.1, 0.15) is 135 Å². The minimum atomic E-state index is -2.18. The van der Waals surface area contributed by atoms with E-state index >= 15 is 0 Å². The number of aryl methyl sites for hydroxylation is 17. The van der Waals surface area contributed by atoms with Crippen molar-refractivity contribution in [3.8, 4) is 22.3 Å². The first-order valence-electron chi connectivity index (χ1n) is 49.2. The number of para-hydroxylation sites is 5. The number of nitrogens with zero attached hydrogens (tertiary/aromatic N) is 12. The lowest BCUT2D eigenvalue weighted by Gasteiger charge is -2.28. The molecule has 0 aliphatic carbocycles. The molecular weight excluding hydrogens is 1560 g/mol. The van der Waals surface area contributed by atoms with E-state index in [2.05, 4.69) is 402 Å². The first kappa shape index (κ1) is 77.1. The zero-order chi connectivity index (χ0) is 98.0. The lowest BCUT2D eigenvalue weighted by atomic mass is 9.59. The minimum Gasteiger partial charge on any atom is -0.369 e. The Morgan fingerprint density at radius 1 is 0.273 bits per heavy atom. The molecule has 8 heterocycles. The summed E-state index contributed by atoms with van der Waals surface area (Å²) in [6, 6.07) is 98.6. The van der Waals surface area contributed by atoms with Crippen LogP contribution in [-0.2, 0) is 28.2 Å². The second kappa shape index (κ2) is 36.6. The van der Waals surface area contributed by atoms with E-state index in [1.807, 2.05) is 85.9 Å². The van der Waals surface area contributed by atoms with E-state index in [0.717, 1.165) is 79.0 Å². The smallest absolute Gasteiger partial charge is 0.369 e. The fourth-order valence-electron chi connectivity index (χ4n) is 19.9. The number of pyridine rings is 4. The molecule has 11 aromatic carbocycles. The van der Waals surface area contributed by atoms with Crippen LogP contribution in [0, 0.1) is 89.8 Å². The van der Waals surface area contributed by atoms with Crippen molar-refractivity contribution in [1.82, 2.24) is 0 Å². The van der Waals surface area contributed by atoms with Crippen LogP contribution in [0.3, 0.4) is 0 Å². The van der Waals surface area contributed by atoms with Crippen LogP contribution >= 0.6 is 0 Å². The zero-order valence-corrected chi connectivity index (χ0v) is 78.2. The topological polar surface area (TPSA) is 41.4 Å². The van der Waals surface area contributed by atoms with Crippen LogP contribution in [0.4, 0.5) is 74.5 Å². The highest BCUT2D eigenvalue weighted by atomic mass is 15.4. The third-order valence-corrected chi connectivity index (χ3v) is 26.4. The van der Waals surface area contributed by atoms with Gasteiger partial charge in [0.05, 0.1) is 70.0 Å². The molecule has 0 saturated carbocycles. The van der Waals surface area contributed by atoms with Crippen molar-refractivity contribution in [2.45, 2.75) is 129 Å². The van der Waals surface area contributed by atoms with Gasteiger partial charge in [0.1, 0.15) is 28.4 Å². The fraction of sp³-hybridized carbons (Fsp3) is 0.232. The first-order chi connectivity index (χ1) is 65.2. The molecular formula is C112H124B4N12+4. The number of hydrogen-bond acceptors (Lipinski definition) is 8. The Balaban J connectivity index is 0.000000133. The molecule has 4 aromatic heterocycles. The molecule has 0 N–H and O–H groups in total. The van der Waals surface area contributed by atoms with Crippen LogP contribution in [0.25, 0.3) is 22.3 Å². The van der Waals surface area contributed by atoms with Gasteiger partial charge in [0, 0.05) is 52.6 Å². The van der Waals surface area contributed by atoms with Gasteiger partial charge in [-0.2, -0.15) is 0 Å². The van der Waals surface area contributed by atoms with Crippen molar-refractivity contribution in [2.75, 3.05) is 59.6 Å². The average Bonchev–Trinajstić information content (AvgIpc) is 1.59. The van der Waals surface area contributed by atoms with E-state index in [4.69, 9.17) is 12.3 Å². The second-order valence-electron chi connectivity index (χ2n) is 35.8. The largest absolute Gasteiger partial charge is 0.542 e. The summed E-state index contributed by atoms with van der Waals surface area (Å²) in [5.41, 5.74) is 35.1. The Bertz CT molecular complexity index is 6940. The van der Waals surface area contributed by atoms with Crippen LogP contribution < -0.4 is 78.6 Å². The molecule has 640 valence electrons. The van der Waals surface area contributed by atoms with Crippen LogP contribution in [0.5, 0.6) is 0 Å². The normalized spacial score (nSPS) is 14.4. The third-order valence-electron chi connectivity index (χ3n) is 26.4. The summed E-state index contributed by atoms with van der Waals surface area (Å²) < 4.78 is 80.1. The minimum absolute atomic E-state index is 0.0262. The molecule has 0 unspecified atom stereocenters. The Morgan fingerprint density at radius 3 is 1.04 bits per heavy atom. The number of rotatable bonds is 13. The summed E-state index contributed by atoms with van der Waals surface area (Å²) in [6.45, 7) is 23.2. The Hall–Kier alpha value is -13.3. The molecule has 0 saturated heterocycles. The highest BCUT2D eigenvalue weighted by Gasteiger charge is 2.57. The average molecular weight is 1690 g/mol. The van der Waals surface area contributed by atoms with Gasteiger partial charge in [0.25, 0.3) is 23.3 Å². The second-order valence-corrected chi connectivity index (χ2v) is 35.8. The summed E-state index contributed by atoms with van der Waals surface area (Å²) in [6.07, 6.45) is 7.44. The molecule has 0 atom stereocenters. The van der Waals surface area contributed by atoms with Gasteiger partial charge in [0.15, 0.2) is 0 Å². The Labute approximate surface area is 777 Å². The van der Waals surface area contributed by atoms with E-state index < -0.39 is 20.6 Å². The summed E-state index contributed by atoms with van der Waals surface area (Å²) in [5, 5.41) is 0. The Morgan fingerprint density at radius 2 is 0.617 bits per heavy atom. The van der Waals surface area contributed by atoms with Crippen molar-refractivity contribution in [3.05, 3.63) is 387 Å². The van der Waals surface area contributed by atoms with Crippen molar-refractivity contribution >= 4 is 124 Å². The SMILES string of the molecule is Cc1ccccc1B1N(c2ccccc2)c2ccc[n+](C)c2N1c1ccccc1C.[2H]C([2H])([2H])c1c[n+](C)c(N2B(c3c(-c4ccccc4)cccc3-c3ccccc3)N(C)c3cccc(C)c32)cc1C.[2H]C([2H])([2H])c1c[n+](C)c(N2B(c3c(C(C)C)cccc3C(C)C)N(C)c3cccc(C)c32)cc1C.[2H]C([2H])([2H])c1c[n+](C)c(N2B(c3c(C)cccc3C)N(C)c3cccc(C)c32)cc1C. The summed E-state index contributed by atoms with van der Waals surface area (Å²) in [4.78, 5) is 19.2. The van der Waals surface area contributed by atoms with E-state index in [0.29, 0.717) is 28.5 Å². The third kappa shape index (κ3) is 16.2. The van der Waals surface area contributed by atoms with E-state index in [-0.39, 0.29) is 27.9 Å². The maximum absolute atomic E-state index is 8.09. The molecule has 0 amide bonds. The highest BCUT2D eigenvalue weighted by molar-refractivity contribution is 6.86. The number of aromatic nitrogens is 4. The van der Waals surface area contributed by atoms with Gasteiger partial charge in [-0.3, -0.25) is 19.2 Å². The standard InChI is InChI=1S/C34H33BN3.C28H37BN3.C26H25BN3.C24H29BN3/c1-24-14-12-21-31-34(24)38(32-22-25(2)26(3)23-36(32)4)35(37(31)5)33-29(27-15-8-6-9-16-27)19-13-20-30(33)28-17-10-7-11-18-28;1-18(2)23-13-11-14-24(19(3)4)27(23)29-31(9)25-15-10-12-20(5)28(25)32(29)26-16-21(6)22(7)17-30(26)8;1-20-12-7-9-16-23(20)27-29(22-14-5-4-6-15-22)25-18-11-19-28(3)26(25)30(27)24-17-10-8-13-21(24)2;1-16-10-8-11-17(2)23(16)25-27(7)21-13-9-12-18(3)24(21)28(25)22-14-19(4)20(5)15-26(22)6/h6-23H,1-5H3;10-19H,1-9H3;4-19H,1-3H3;8-15H,1-7H3/q4*+1/i3D3;7D3;;5D3. The quantitative estimate of drug-likeness (QED) is 0.0836. The van der Waals surface area contributed by atoms with Gasteiger partial charge >= 0.3 is 27.9 Å². The predicted octanol–water partition coefficient (Wildman–Crippen LogP) is 21.3. The summed E-state index contributed by atoms with van der Waals surface area (Å²) >= 11 is 0. The van der Waals surface area contributed by atoms with Crippen LogP contribution in [-0.4, -0.2) is 49.1 Å².